The van der Waals surface area contributed by atoms with Crippen LogP contribution >= 0.6 is 0 Å². The van der Waals surface area contributed by atoms with Gasteiger partial charge in [0.25, 0.3) is 0 Å². The molecule has 0 heterocycles. The highest BCUT2D eigenvalue weighted by Gasteiger charge is 2.18. The van der Waals surface area contributed by atoms with Crippen molar-refractivity contribution in [2.24, 2.45) is 0 Å². The fourth-order valence-electron chi connectivity index (χ4n) is 1.97. The Morgan fingerprint density at radius 1 is 1.08 bits per heavy atom. The topological polar surface area (TPSA) is 84.9 Å². The first-order valence-electron chi connectivity index (χ1n) is 8.42. The zero-order valence-corrected chi connectivity index (χ0v) is 15.9. The van der Waals surface area contributed by atoms with Gasteiger partial charge in [0, 0.05) is 24.2 Å². The van der Waals surface area contributed by atoms with Crippen molar-refractivity contribution in [1.82, 2.24) is 5.32 Å². The lowest BCUT2D eigenvalue weighted by molar-refractivity contribution is -0.131. The molecule has 0 saturated heterocycles. The van der Waals surface area contributed by atoms with Crippen molar-refractivity contribution in [2.45, 2.75) is 46.3 Å². The molecule has 0 radical (unpaired) electrons. The first-order chi connectivity index (χ1) is 12.2. The molecule has 1 atom stereocenters. The Morgan fingerprint density at radius 2 is 1.62 bits per heavy atom. The molecule has 6 nitrogen and oxygen atoms in total. The van der Waals surface area contributed by atoms with Crippen LogP contribution in [-0.4, -0.2) is 29.1 Å². The van der Waals surface area contributed by atoms with Crippen LogP contribution in [-0.2, 0) is 9.59 Å². The monoisotopic (exact) mass is 361 g/mol. The predicted octanol–water partition coefficient (Wildman–Crippen LogP) is 3.07. The molecule has 0 bridgehead atoms. The van der Waals surface area contributed by atoms with E-state index in [1.165, 1.54) is 24.3 Å². The highest BCUT2D eigenvalue weighted by atomic mass is 16.6. The maximum Gasteiger partial charge on any atom is 0.335 e. The fraction of sp³-hybridized carbons (Fsp3) is 0.400. The third-order valence-corrected chi connectivity index (χ3v) is 3.20. The van der Waals surface area contributed by atoms with Crippen LogP contribution < -0.4 is 14.8 Å². The van der Waals surface area contributed by atoms with Crippen LogP contribution in [0.3, 0.4) is 0 Å². The smallest absolute Gasteiger partial charge is 0.335 e. The van der Waals surface area contributed by atoms with Crippen molar-refractivity contribution in [3.8, 4) is 11.5 Å². The van der Waals surface area contributed by atoms with Crippen molar-refractivity contribution < 1.29 is 24.2 Å². The molecule has 0 aliphatic rings. The van der Waals surface area contributed by atoms with Gasteiger partial charge in [0.15, 0.2) is 11.5 Å². The predicted molar refractivity (Wildman–Crippen MR) is 100 cm³/mol. The van der Waals surface area contributed by atoms with Gasteiger partial charge in [-0.05, 0) is 52.3 Å². The number of benzene rings is 1. The molecule has 1 unspecified atom stereocenters. The fourth-order valence-corrected chi connectivity index (χ4v) is 1.97. The third kappa shape index (κ3) is 7.63. The summed E-state index contributed by atoms with van der Waals surface area (Å²) in [6.07, 6.45) is 4.79. The van der Waals surface area contributed by atoms with Gasteiger partial charge < -0.3 is 19.9 Å². The molecule has 1 aromatic carbocycles. The minimum Gasteiger partial charge on any atom is -0.419 e. The van der Waals surface area contributed by atoms with E-state index < -0.39 is 18.0 Å². The Balaban J connectivity index is 3.08. The first-order valence-corrected chi connectivity index (χ1v) is 8.42. The summed E-state index contributed by atoms with van der Waals surface area (Å²) in [5, 5.41) is 13.6. The van der Waals surface area contributed by atoms with Crippen molar-refractivity contribution in [3.05, 3.63) is 48.1 Å². The summed E-state index contributed by atoms with van der Waals surface area (Å²) in [7, 11) is 0. The van der Waals surface area contributed by atoms with Gasteiger partial charge in [-0.2, -0.15) is 0 Å². The van der Waals surface area contributed by atoms with Crippen LogP contribution in [0.2, 0.25) is 0 Å². The number of aliphatic hydroxyl groups excluding tert-OH is 1. The third-order valence-electron chi connectivity index (χ3n) is 3.20. The molecule has 0 aliphatic heterocycles. The minimum absolute atomic E-state index is 0.0678. The Kier molecular flexibility index (Phi) is 8.22. The normalized spacial score (nSPS) is 13.2. The number of carbonyl (C=O) groups is 2. The Hall–Kier alpha value is -2.44. The van der Waals surface area contributed by atoms with Crippen LogP contribution in [0.4, 0.5) is 0 Å². The number of carbonyl (C=O) groups excluding carboxylic acids is 2. The summed E-state index contributed by atoms with van der Waals surface area (Å²) in [5.74, 6) is -1.02. The van der Waals surface area contributed by atoms with Gasteiger partial charge in [-0.1, -0.05) is 18.2 Å². The Morgan fingerprint density at radius 3 is 2.12 bits per heavy atom. The van der Waals surface area contributed by atoms with E-state index in [0.717, 1.165) is 0 Å². The van der Waals surface area contributed by atoms with E-state index >= 15 is 0 Å². The van der Waals surface area contributed by atoms with Crippen LogP contribution in [0.5, 0.6) is 11.5 Å². The van der Waals surface area contributed by atoms with E-state index in [1.54, 1.807) is 32.1 Å². The Bertz CT molecular complexity index is 686. The lowest BCUT2D eigenvalue weighted by Gasteiger charge is -2.23. The van der Waals surface area contributed by atoms with Crippen molar-refractivity contribution in [3.63, 3.8) is 0 Å². The summed E-state index contributed by atoms with van der Waals surface area (Å²) in [5.41, 5.74) is 0.389. The number of hydrogen-bond acceptors (Lipinski definition) is 6. The maximum atomic E-state index is 11.8. The van der Waals surface area contributed by atoms with Gasteiger partial charge in [-0.25, -0.2) is 9.59 Å². The van der Waals surface area contributed by atoms with Gasteiger partial charge >= 0.3 is 11.9 Å². The lowest BCUT2D eigenvalue weighted by atomic mass is 10.1. The minimum atomic E-state index is -0.811. The van der Waals surface area contributed by atoms with E-state index in [-0.39, 0.29) is 17.0 Å². The molecule has 0 aromatic heterocycles. The zero-order chi connectivity index (χ0) is 19.7. The number of aliphatic hydroxyl groups is 1. The molecule has 0 spiro atoms. The maximum absolute atomic E-state index is 11.8. The quantitative estimate of drug-likeness (QED) is 0.441. The molecule has 0 amide bonds. The summed E-state index contributed by atoms with van der Waals surface area (Å²) < 4.78 is 10.4. The molecule has 0 saturated carbocycles. The van der Waals surface area contributed by atoms with Gasteiger partial charge in [-0.3, -0.25) is 0 Å². The standard InChI is InChI=1S/C20H27NO5/c1-6-8-18(23)25-16-11-10-14(15(22)13-21-20(3,4)5)12-17(16)26-19(24)9-7-2/h6-12,15,21-22H,13H2,1-5H3/b8-6+,9-7+. The van der Waals surface area contributed by atoms with Crippen molar-refractivity contribution >= 4 is 11.9 Å². The first kappa shape index (κ1) is 21.6. The number of hydrogen-bond donors (Lipinski definition) is 2. The molecule has 0 aliphatic carbocycles. The second kappa shape index (κ2) is 9.89. The molecule has 1 aromatic rings. The number of rotatable bonds is 7. The number of allylic oxidation sites excluding steroid dienone is 2. The molecule has 0 fully saturated rings. The largest absolute Gasteiger partial charge is 0.419 e. The van der Waals surface area contributed by atoms with Gasteiger partial charge in [-0.15, -0.1) is 0 Å². The van der Waals surface area contributed by atoms with Gasteiger partial charge in [0.2, 0.25) is 0 Å². The Labute approximate surface area is 154 Å². The highest BCUT2D eigenvalue weighted by Crippen LogP contribution is 2.31. The second-order valence-electron chi connectivity index (χ2n) is 6.70. The van der Waals surface area contributed by atoms with Crippen LogP contribution in [0.25, 0.3) is 0 Å². The summed E-state index contributed by atoms with van der Waals surface area (Å²) in [4.78, 5) is 23.5. The molecule has 1 rings (SSSR count). The number of β-amino-alcohol motifs (C(OH)–C–C–N with tert-alkyl or cyclic N) is 1. The molecular formula is C20H27NO5. The summed E-state index contributed by atoms with van der Waals surface area (Å²) in [6.45, 7) is 9.68. The van der Waals surface area contributed by atoms with E-state index in [9.17, 15) is 14.7 Å². The van der Waals surface area contributed by atoms with Crippen molar-refractivity contribution in [2.75, 3.05) is 6.54 Å². The SMILES string of the molecule is C/C=C/C(=O)Oc1ccc(C(O)CNC(C)(C)C)cc1OC(=O)/C=C/C. The molecule has 2 N–H and O–H groups in total. The van der Waals surface area contributed by atoms with Crippen LogP contribution in [0, 0.1) is 0 Å². The molecular weight excluding hydrogens is 334 g/mol. The molecule has 142 valence electrons. The van der Waals surface area contributed by atoms with Gasteiger partial charge in [0.05, 0.1) is 6.10 Å². The van der Waals surface area contributed by atoms with Gasteiger partial charge in [0.1, 0.15) is 0 Å². The molecule has 6 heteroatoms. The average molecular weight is 361 g/mol. The highest BCUT2D eigenvalue weighted by molar-refractivity contribution is 5.86. The van der Waals surface area contributed by atoms with E-state index in [0.29, 0.717) is 12.1 Å². The van der Waals surface area contributed by atoms with Crippen LogP contribution in [0.1, 0.15) is 46.3 Å². The summed E-state index contributed by atoms with van der Waals surface area (Å²) in [6, 6.07) is 4.62. The number of nitrogens with one attached hydrogen (secondary N) is 1. The average Bonchev–Trinajstić information content (AvgIpc) is 2.54. The van der Waals surface area contributed by atoms with Crippen LogP contribution in [0.15, 0.2) is 42.5 Å². The lowest BCUT2D eigenvalue weighted by Crippen LogP contribution is -2.38. The number of ether oxygens (including phenoxy) is 2. The molecule has 26 heavy (non-hydrogen) atoms. The number of esters is 2. The van der Waals surface area contributed by atoms with E-state index in [1.807, 2.05) is 20.8 Å². The second-order valence-corrected chi connectivity index (χ2v) is 6.70. The zero-order valence-electron chi connectivity index (χ0n) is 15.9. The van der Waals surface area contributed by atoms with E-state index in [4.69, 9.17) is 9.47 Å². The summed E-state index contributed by atoms with van der Waals surface area (Å²) >= 11 is 0. The van der Waals surface area contributed by atoms with Crippen molar-refractivity contribution in [1.29, 1.82) is 0 Å². The van der Waals surface area contributed by atoms with E-state index in [2.05, 4.69) is 5.32 Å².